The van der Waals surface area contributed by atoms with Crippen LogP contribution in [-0.2, 0) is 11.3 Å². The van der Waals surface area contributed by atoms with Crippen molar-refractivity contribution in [2.45, 2.75) is 45.1 Å². The number of aryl methyl sites for hydroxylation is 1. The topological polar surface area (TPSA) is 75.6 Å². The van der Waals surface area contributed by atoms with Crippen LogP contribution in [0.2, 0.25) is 0 Å². The minimum Gasteiger partial charge on any atom is -0.465 e. The maximum atomic E-state index is 11.4. The second-order valence-corrected chi connectivity index (χ2v) is 7.17. The number of rotatable bonds is 4. The molecule has 2 aromatic heterocycles. The molecule has 0 aromatic carbocycles. The number of furan rings is 1. The average molecular weight is 344 g/mol. The maximum absolute atomic E-state index is 11.4. The molecule has 0 unspecified atom stereocenters. The summed E-state index contributed by atoms with van der Waals surface area (Å²) in [6, 6.07) is 4.02. The van der Waals surface area contributed by atoms with Crippen molar-refractivity contribution in [1.82, 2.24) is 19.9 Å². The smallest absolute Gasteiger partial charge is 0.232 e. The molecule has 0 radical (unpaired) electrons. The lowest BCUT2D eigenvalue weighted by Gasteiger charge is -2.36. The standard InChI is InChI=1S/C18H24N4O3/c1-12-3-4-16(24-12)11-21-9-15(10-21)18-19-17(20-25-18)14-5-7-22(8-6-14)13(2)23/h3-4,14-15H,5-11H2,1-2H3. The Hall–Kier alpha value is -2.15. The molecule has 0 N–H and O–H groups in total. The van der Waals surface area contributed by atoms with Crippen LogP contribution in [0.5, 0.6) is 0 Å². The van der Waals surface area contributed by atoms with Crippen molar-refractivity contribution in [3.05, 3.63) is 35.4 Å². The van der Waals surface area contributed by atoms with E-state index >= 15 is 0 Å². The SMILES string of the molecule is CC(=O)N1CCC(c2noc(C3CN(Cc4ccc(C)o4)C3)n2)CC1. The van der Waals surface area contributed by atoms with Crippen molar-refractivity contribution < 1.29 is 13.7 Å². The van der Waals surface area contributed by atoms with Crippen LogP contribution in [-0.4, -0.2) is 52.0 Å². The summed E-state index contributed by atoms with van der Waals surface area (Å²) in [6.07, 6.45) is 1.82. The van der Waals surface area contributed by atoms with Gasteiger partial charge in [0.2, 0.25) is 11.8 Å². The van der Waals surface area contributed by atoms with E-state index in [9.17, 15) is 4.79 Å². The van der Waals surface area contributed by atoms with E-state index in [2.05, 4.69) is 15.0 Å². The number of aromatic nitrogens is 2. The second-order valence-electron chi connectivity index (χ2n) is 7.17. The first kappa shape index (κ1) is 16.3. The largest absolute Gasteiger partial charge is 0.465 e. The molecule has 7 nitrogen and oxygen atoms in total. The number of nitrogens with zero attached hydrogens (tertiary/aromatic N) is 4. The summed E-state index contributed by atoms with van der Waals surface area (Å²) in [6.45, 7) is 7.82. The fraction of sp³-hybridized carbons (Fsp3) is 0.611. The van der Waals surface area contributed by atoms with E-state index in [0.29, 0.717) is 11.8 Å². The quantitative estimate of drug-likeness (QED) is 0.847. The van der Waals surface area contributed by atoms with Crippen molar-refractivity contribution in [2.24, 2.45) is 0 Å². The van der Waals surface area contributed by atoms with E-state index in [0.717, 1.165) is 68.8 Å². The summed E-state index contributed by atoms with van der Waals surface area (Å²) in [5.74, 6) is 4.26. The highest BCUT2D eigenvalue weighted by atomic mass is 16.5. The number of carbonyl (C=O) groups is 1. The van der Waals surface area contributed by atoms with Crippen LogP contribution in [0.15, 0.2) is 21.1 Å². The zero-order chi connectivity index (χ0) is 17.4. The minimum absolute atomic E-state index is 0.147. The van der Waals surface area contributed by atoms with Crippen LogP contribution < -0.4 is 0 Å². The van der Waals surface area contributed by atoms with E-state index in [1.165, 1.54) is 0 Å². The molecule has 2 aliphatic rings. The molecular formula is C18H24N4O3. The summed E-state index contributed by atoms with van der Waals surface area (Å²) in [7, 11) is 0. The molecule has 1 amide bonds. The Morgan fingerprint density at radius 3 is 2.64 bits per heavy atom. The summed E-state index contributed by atoms with van der Waals surface area (Å²) >= 11 is 0. The lowest BCUT2D eigenvalue weighted by Crippen LogP contribution is -2.44. The molecule has 4 heterocycles. The van der Waals surface area contributed by atoms with E-state index < -0.39 is 0 Å². The highest BCUT2D eigenvalue weighted by Crippen LogP contribution is 2.31. The van der Waals surface area contributed by atoms with Crippen molar-refractivity contribution in [3.63, 3.8) is 0 Å². The molecule has 0 saturated carbocycles. The van der Waals surface area contributed by atoms with Gasteiger partial charge >= 0.3 is 0 Å². The first-order valence-electron chi connectivity index (χ1n) is 8.95. The van der Waals surface area contributed by atoms with E-state index in [1.807, 2.05) is 24.0 Å². The number of amides is 1. The predicted molar refractivity (Wildman–Crippen MR) is 90.0 cm³/mol. The first-order valence-corrected chi connectivity index (χ1v) is 8.95. The molecule has 4 rings (SSSR count). The van der Waals surface area contributed by atoms with Gasteiger partial charge < -0.3 is 13.8 Å². The lowest BCUT2D eigenvalue weighted by atomic mass is 9.96. The van der Waals surface area contributed by atoms with Gasteiger partial charge in [0.05, 0.1) is 12.5 Å². The van der Waals surface area contributed by atoms with Crippen molar-refractivity contribution in [2.75, 3.05) is 26.2 Å². The monoisotopic (exact) mass is 344 g/mol. The normalized spacial score (nSPS) is 20.0. The molecule has 0 bridgehead atoms. The van der Waals surface area contributed by atoms with Gasteiger partial charge in [0, 0.05) is 39.0 Å². The van der Waals surface area contributed by atoms with Crippen molar-refractivity contribution >= 4 is 5.91 Å². The van der Waals surface area contributed by atoms with E-state index in [4.69, 9.17) is 8.94 Å². The summed E-state index contributed by atoms with van der Waals surface area (Å²) in [5.41, 5.74) is 0. The Labute approximate surface area is 147 Å². The minimum atomic E-state index is 0.147. The van der Waals surface area contributed by atoms with Gasteiger partial charge in [-0.1, -0.05) is 5.16 Å². The summed E-state index contributed by atoms with van der Waals surface area (Å²) < 4.78 is 11.1. The van der Waals surface area contributed by atoms with E-state index in [1.54, 1.807) is 6.92 Å². The Balaban J connectivity index is 1.29. The van der Waals surface area contributed by atoms with Gasteiger partial charge in [-0.25, -0.2) is 0 Å². The van der Waals surface area contributed by atoms with Crippen LogP contribution >= 0.6 is 0 Å². The Kier molecular flexibility index (Phi) is 4.33. The van der Waals surface area contributed by atoms with Crippen molar-refractivity contribution in [1.29, 1.82) is 0 Å². The molecule has 134 valence electrons. The van der Waals surface area contributed by atoms with Gasteiger partial charge in [0.25, 0.3) is 0 Å². The maximum Gasteiger partial charge on any atom is 0.232 e. The Morgan fingerprint density at radius 2 is 2.00 bits per heavy atom. The average Bonchev–Trinajstić information content (AvgIpc) is 3.19. The second kappa shape index (κ2) is 6.63. The molecular weight excluding hydrogens is 320 g/mol. The van der Waals surface area contributed by atoms with Gasteiger partial charge in [-0.05, 0) is 31.9 Å². The zero-order valence-corrected chi connectivity index (χ0v) is 14.8. The third kappa shape index (κ3) is 3.46. The molecule has 2 fully saturated rings. The molecule has 25 heavy (non-hydrogen) atoms. The van der Waals surface area contributed by atoms with Gasteiger partial charge in [-0.3, -0.25) is 9.69 Å². The summed E-state index contributed by atoms with van der Waals surface area (Å²) in [5, 5.41) is 4.20. The zero-order valence-electron chi connectivity index (χ0n) is 14.8. The van der Waals surface area contributed by atoms with Crippen molar-refractivity contribution in [3.8, 4) is 0 Å². The molecule has 0 spiro atoms. The number of hydrogen-bond donors (Lipinski definition) is 0. The first-order chi connectivity index (χ1) is 12.1. The molecule has 2 saturated heterocycles. The van der Waals surface area contributed by atoms with Crippen LogP contribution in [0.3, 0.4) is 0 Å². The third-order valence-electron chi connectivity index (χ3n) is 5.24. The molecule has 2 aromatic rings. The predicted octanol–water partition coefficient (Wildman–Crippen LogP) is 2.30. The third-order valence-corrected chi connectivity index (χ3v) is 5.24. The number of piperidine rings is 1. The van der Waals surface area contributed by atoms with Gasteiger partial charge in [0.1, 0.15) is 11.5 Å². The van der Waals surface area contributed by atoms with Crippen LogP contribution in [0, 0.1) is 6.92 Å². The van der Waals surface area contributed by atoms with Gasteiger partial charge in [0.15, 0.2) is 5.82 Å². The fourth-order valence-corrected chi connectivity index (χ4v) is 3.68. The molecule has 2 aliphatic heterocycles. The summed E-state index contributed by atoms with van der Waals surface area (Å²) in [4.78, 5) is 20.3. The van der Waals surface area contributed by atoms with Crippen LogP contribution in [0.25, 0.3) is 0 Å². The van der Waals surface area contributed by atoms with Crippen LogP contribution in [0.1, 0.15) is 54.8 Å². The van der Waals surface area contributed by atoms with E-state index in [-0.39, 0.29) is 5.91 Å². The Bertz CT molecular complexity index is 739. The highest BCUT2D eigenvalue weighted by molar-refractivity contribution is 5.73. The highest BCUT2D eigenvalue weighted by Gasteiger charge is 2.34. The molecule has 7 heteroatoms. The number of carbonyl (C=O) groups excluding carboxylic acids is 1. The lowest BCUT2D eigenvalue weighted by molar-refractivity contribution is -0.129. The molecule has 0 aliphatic carbocycles. The number of likely N-dealkylation sites (tertiary alicyclic amines) is 2. The molecule has 0 atom stereocenters. The fourth-order valence-electron chi connectivity index (χ4n) is 3.68. The Morgan fingerprint density at radius 1 is 1.24 bits per heavy atom. The van der Waals surface area contributed by atoms with Gasteiger partial charge in [-0.15, -0.1) is 0 Å². The number of hydrogen-bond acceptors (Lipinski definition) is 6. The van der Waals surface area contributed by atoms with Gasteiger partial charge in [-0.2, -0.15) is 4.98 Å². The van der Waals surface area contributed by atoms with Crippen LogP contribution in [0.4, 0.5) is 0 Å².